The molecular weight excluding hydrogens is 421 g/mol. The van der Waals surface area contributed by atoms with Gasteiger partial charge in [-0.2, -0.15) is 8.42 Å². The topological polar surface area (TPSA) is 72.9 Å². The van der Waals surface area contributed by atoms with E-state index in [9.17, 15) is 17.6 Å². The van der Waals surface area contributed by atoms with Gasteiger partial charge in [-0.05, 0) is 41.5 Å². The lowest BCUT2D eigenvalue weighted by Gasteiger charge is -2.16. The molecule has 1 amide bonds. The van der Waals surface area contributed by atoms with E-state index in [0.717, 1.165) is 26.8 Å². The van der Waals surface area contributed by atoms with Crippen molar-refractivity contribution in [3.8, 4) is 0 Å². The number of halogens is 1. The van der Waals surface area contributed by atoms with E-state index in [1.807, 2.05) is 49.4 Å². The van der Waals surface area contributed by atoms with Crippen molar-refractivity contribution < 1.29 is 26.5 Å². The number of alkyl halides is 1. The van der Waals surface area contributed by atoms with Crippen molar-refractivity contribution in [1.29, 1.82) is 0 Å². The molecule has 1 aliphatic rings. The predicted molar refractivity (Wildman–Crippen MR) is 114 cm³/mol. The van der Waals surface area contributed by atoms with Crippen LogP contribution in [0.3, 0.4) is 0 Å². The monoisotopic (exact) mass is 443 g/mol. The quantitative estimate of drug-likeness (QED) is 0.553. The first-order valence-corrected chi connectivity index (χ1v) is 11.3. The van der Waals surface area contributed by atoms with Crippen molar-refractivity contribution in [3.63, 3.8) is 0 Å². The fraction of sp³-hybridized carbons (Fsp3) is 0.261. The third-order valence-corrected chi connectivity index (χ3v) is 6.54. The minimum Gasteiger partial charge on any atom is -0.445 e. The molecule has 8 heteroatoms. The van der Waals surface area contributed by atoms with Gasteiger partial charge in [-0.15, -0.1) is 0 Å². The van der Waals surface area contributed by atoms with E-state index in [0.29, 0.717) is 0 Å². The number of benzene rings is 3. The van der Waals surface area contributed by atoms with Crippen molar-refractivity contribution in [1.82, 2.24) is 4.90 Å². The number of amides is 1. The van der Waals surface area contributed by atoms with E-state index < -0.39 is 28.5 Å². The zero-order valence-electron chi connectivity index (χ0n) is 16.9. The highest BCUT2D eigenvalue weighted by atomic mass is 32.2. The number of fused-ring (bicyclic) bond motifs is 1. The van der Waals surface area contributed by atoms with E-state index in [-0.39, 0.29) is 24.6 Å². The Balaban J connectivity index is 1.36. The first-order chi connectivity index (χ1) is 14.8. The summed E-state index contributed by atoms with van der Waals surface area (Å²) in [6, 6.07) is 19.6. The van der Waals surface area contributed by atoms with Crippen molar-refractivity contribution in [2.24, 2.45) is 0 Å². The number of carbonyl (C=O) groups is 1. The summed E-state index contributed by atoms with van der Waals surface area (Å²) < 4.78 is 49.6. The molecule has 1 aliphatic heterocycles. The molecule has 0 aliphatic carbocycles. The lowest BCUT2D eigenvalue weighted by molar-refractivity contribution is 0.0995. The normalized spacial score (nSPS) is 19.0. The van der Waals surface area contributed by atoms with E-state index in [2.05, 4.69) is 0 Å². The molecule has 3 aromatic carbocycles. The molecule has 0 N–H and O–H groups in total. The summed E-state index contributed by atoms with van der Waals surface area (Å²) >= 11 is 0. The maximum absolute atomic E-state index is 14.4. The Morgan fingerprint density at radius 3 is 2.48 bits per heavy atom. The predicted octanol–water partition coefficient (Wildman–Crippen LogP) is 4.21. The molecule has 0 saturated carbocycles. The third kappa shape index (κ3) is 4.86. The first-order valence-electron chi connectivity index (χ1n) is 9.85. The SMILES string of the molecule is Cc1ccc(S(=O)(=O)OC2CN(C(=O)OCc3ccc4ccccc4c3)CC2F)cc1. The van der Waals surface area contributed by atoms with Crippen LogP contribution in [-0.4, -0.2) is 44.8 Å². The number of rotatable bonds is 5. The maximum Gasteiger partial charge on any atom is 0.410 e. The molecule has 3 aromatic rings. The first kappa shape index (κ1) is 21.3. The number of likely N-dealkylation sites (tertiary alicyclic amines) is 1. The van der Waals surface area contributed by atoms with Crippen LogP contribution in [0.2, 0.25) is 0 Å². The minimum absolute atomic E-state index is 0.0321. The molecule has 162 valence electrons. The second kappa shape index (κ2) is 8.64. The van der Waals surface area contributed by atoms with E-state index >= 15 is 0 Å². The summed E-state index contributed by atoms with van der Waals surface area (Å²) in [5.74, 6) is 0. The molecule has 1 fully saturated rings. The zero-order chi connectivity index (χ0) is 22.0. The fourth-order valence-electron chi connectivity index (χ4n) is 3.46. The number of ether oxygens (including phenoxy) is 1. The highest BCUT2D eigenvalue weighted by Gasteiger charge is 2.40. The highest BCUT2D eigenvalue weighted by Crippen LogP contribution is 2.24. The van der Waals surface area contributed by atoms with Gasteiger partial charge < -0.3 is 9.64 Å². The van der Waals surface area contributed by atoms with Gasteiger partial charge in [0.1, 0.15) is 18.9 Å². The van der Waals surface area contributed by atoms with Gasteiger partial charge in [0.05, 0.1) is 18.0 Å². The second-order valence-electron chi connectivity index (χ2n) is 7.56. The summed E-state index contributed by atoms with van der Waals surface area (Å²) in [6.45, 7) is 1.37. The van der Waals surface area contributed by atoms with Crippen LogP contribution < -0.4 is 0 Å². The van der Waals surface area contributed by atoms with Crippen molar-refractivity contribution in [3.05, 3.63) is 77.9 Å². The van der Waals surface area contributed by atoms with Crippen LogP contribution >= 0.6 is 0 Å². The average molecular weight is 443 g/mol. The van der Waals surface area contributed by atoms with Crippen LogP contribution in [0.15, 0.2) is 71.6 Å². The molecule has 2 unspecified atom stereocenters. The second-order valence-corrected chi connectivity index (χ2v) is 9.13. The highest BCUT2D eigenvalue weighted by molar-refractivity contribution is 7.86. The van der Waals surface area contributed by atoms with Gasteiger partial charge in [0.2, 0.25) is 0 Å². The summed E-state index contributed by atoms with van der Waals surface area (Å²) in [5.41, 5.74) is 1.70. The van der Waals surface area contributed by atoms with Gasteiger partial charge in [-0.25, -0.2) is 9.18 Å². The minimum atomic E-state index is -4.14. The lowest BCUT2D eigenvalue weighted by Crippen LogP contribution is -2.31. The van der Waals surface area contributed by atoms with Crippen LogP contribution in [0.25, 0.3) is 10.8 Å². The Labute approximate surface area is 180 Å². The van der Waals surface area contributed by atoms with Crippen molar-refractivity contribution in [2.45, 2.75) is 30.7 Å². The number of nitrogens with zero attached hydrogens (tertiary/aromatic N) is 1. The Hall–Kier alpha value is -2.97. The van der Waals surface area contributed by atoms with Gasteiger partial charge in [0.25, 0.3) is 10.1 Å². The largest absolute Gasteiger partial charge is 0.445 e. The van der Waals surface area contributed by atoms with Gasteiger partial charge in [0, 0.05) is 0 Å². The molecule has 0 bridgehead atoms. The van der Waals surface area contributed by atoms with E-state index in [1.54, 1.807) is 12.1 Å². The lowest BCUT2D eigenvalue weighted by atomic mass is 10.1. The number of aryl methyl sites for hydroxylation is 1. The molecule has 2 atom stereocenters. The summed E-state index contributed by atoms with van der Waals surface area (Å²) in [5, 5.41) is 2.10. The number of carbonyl (C=O) groups excluding carboxylic acids is 1. The van der Waals surface area contributed by atoms with Crippen LogP contribution in [0.4, 0.5) is 9.18 Å². The Morgan fingerprint density at radius 1 is 1.03 bits per heavy atom. The van der Waals surface area contributed by atoms with Crippen molar-refractivity contribution >= 4 is 27.0 Å². The van der Waals surface area contributed by atoms with E-state index in [1.165, 1.54) is 12.1 Å². The summed E-state index contributed by atoms with van der Waals surface area (Å²) in [6.07, 6.45) is -3.62. The molecule has 0 spiro atoms. The molecule has 0 aromatic heterocycles. The Kier molecular flexibility index (Phi) is 5.93. The summed E-state index contributed by atoms with van der Waals surface area (Å²) in [7, 11) is -4.14. The van der Waals surface area contributed by atoms with Crippen molar-refractivity contribution in [2.75, 3.05) is 13.1 Å². The number of hydrogen-bond donors (Lipinski definition) is 0. The average Bonchev–Trinajstić information content (AvgIpc) is 3.12. The van der Waals surface area contributed by atoms with Crippen LogP contribution in [0, 0.1) is 6.92 Å². The van der Waals surface area contributed by atoms with Gasteiger partial charge in [0.15, 0.2) is 0 Å². The molecular formula is C23H22FNO5S. The molecule has 0 radical (unpaired) electrons. The molecule has 4 rings (SSSR count). The van der Waals surface area contributed by atoms with Crippen LogP contribution in [0.1, 0.15) is 11.1 Å². The van der Waals surface area contributed by atoms with Crippen LogP contribution in [-0.2, 0) is 25.6 Å². The summed E-state index contributed by atoms with van der Waals surface area (Å²) in [4.78, 5) is 13.5. The fourth-order valence-corrected chi connectivity index (χ4v) is 4.55. The smallest absolute Gasteiger partial charge is 0.410 e. The molecule has 1 saturated heterocycles. The standard InChI is InChI=1S/C23H22FNO5S/c1-16-6-10-20(11-7-16)31(27,28)30-22-14-25(13-21(22)24)23(26)29-15-17-8-9-18-4-2-3-5-19(18)12-17/h2-12,21-22H,13-15H2,1H3. The maximum atomic E-state index is 14.4. The number of hydrogen-bond acceptors (Lipinski definition) is 5. The van der Waals surface area contributed by atoms with Gasteiger partial charge in [-0.3, -0.25) is 4.18 Å². The van der Waals surface area contributed by atoms with Gasteiger partial charge in [-0.1, -0.05) is 54.1 Å². The van der Waals surface area contributed by atoms with Gasteiger partial charge >= 0.3 is 6.09 Å². The molecule has 6 nitrogen and oxygen atoms in total. The Bertz CT molecular complexity index is 1200. The third-order valence-electron chi connectivity index (χ3n) is 5.19. The Morgan fingerprint density at radius 2 is 1.74 bits per heavy atom. The van der Waals surface area contributed by atoms with Crippen LogP contribution in [0.5, 0.6) is 0 Å². The molecule has 1 heterocycles. The van der Waals surface area contributed by atoms with E-state index in [4.69, 9.17) is 8.92 Å². The zero-order valence-corrected chi connectivity index (χ0v) is 17.7. The molecule has 31 heavy (non-hydrogen) atoms.